The smallest absolute Gasteiger partial charge is 0.337 e. The van der Waals surface area contributed by atoms with Gasteiger partial charge in [-0.05, 0) is 35.0 Å². The number of hydrogen-bond acceptors (Lipinski definition) is 4. The summed E-state index contributed by atoms with van der Waals surface area (Å²) in [6.45, 7) is 0.214. The molecule has 94 valence electrons. The van der Waals surface area contributed by atoms with Crippen LogP contribution >= 0.6 is 0 Å². The van der Waals surface area contributed by atoms with Crippen LogP contribution in [-0.2, 0) is 9.47 Å². The third-order valence-electron chi connectivity index (χ3n) is 2.58. The van der Waals surface area contributed by atoms with Gasteiger partial charge in [0.15, 0.2) is 6.79 Å². The van der Waals surface area contributed by atoms with Gasteiger partial charge in [-0.15, -0.1) is 0 Å². The molecule has 0 heterocycles. The zero-order valence-electron chi connectivity index (χ0n) is 10.3. The molecule has 2 rings (SSSR count). The van der Waals surface area contributed by atoms with Crippen LogP contribution < -0.4 is 4.74 Å². The Bertz CT molecular complexity index is 563. The molecule has 0 N–H and O–H groups in total. The molecule has 0 saturated heterocycles. The first-order chi connectivity index (χ1) is 8.74. The fourth-order valence-electron chi connectivity index (χ4n) is 1.69. The van der Waals surface area contributed by atoms with Gasteiger partial charge in [-0.25, -0.2) is 4.79 Å². The lowest BCUT2D eigenvalue weighted by atomic mass is 10.1. The van der Waals surface area contributed by atoms with Gasteiger partial charge < -0.3 is 14.2 Å². The van der Waals surface area contributed by atoms with Crippen LogP contribution in [0.4, 0.5) is 0 Å². The summed E-state index contributed by atoms with van der Waals surface area (Å²) in [6.07, 6.45) is 0. The first-order valence-corrected chi connectivity index (χ1v) is 5.48. The van der Waals surface area contributed by atoms with Crippen molar-refractivity contribution in [2.75, 3.05) is 21.0 Å². The van der Waals surface area contributed by atoms with E-state index in [2.05, 4.69) is 4.74 Å². The fraction of sp³-hybridized carbons (Fsp3) is 0.214. The Labute approximate surface area is 105 Å². The zero-order chi connectivity index (χ0) is 13.0. The summed E-state index contributed by atoms with van der Waals surface area (Å²) >= 11 is 0. The van der Waals surface area contributed by atoms with Crippen LogP contribution in [0.2, 0.25) is 0 Å². The van der Waals surface area contributed by atoms with Crippen LogP contribution in [0, 0.1) is 0 Å². The summed E-state index contributed by atoms with van der Waals surface area (Å²) < 4.78 is 14.9. The lowest BCUT2D eigenvalue weighted by Crippen LogP contribution is -2.01. The number of rotatable bonds is 4. The molecule has 0 fully saturated rings. The summed E-state index contributed by atoms with van der Waals surface area (Å²) in [7, 11) is 2.94. The molecule has 0 amide bonds. The molecule has 0 spiro atoms. The lowest BCUT2D eigenvalue weighted by molar-refractivity contribution is 0.0512. The second-order valence-corrected chi connectivity index (χ2v) is 3.77. The Morgan fingerprint density at radius 1 is 1.06 bits per heavy atom. The molecule has 0 unspecified atom stereocenters. The van der Waals surface area contributed by atoms with Gasteiger partial charge in [0.1, 0.15) is 5.75 Å². The molecule has 4 heteroatoms. The van der Waals surface area contributed by atoms with Crippen molar-refractivity contribution in [2.45, 2.75) is 0 Å². The Morgan fingerprint density at radius 3 is 2.50 bits per heavy atom. The molecule has 0 aliphatic carbocycles. The van der Waals surface area contributed by atoms with Crippen LogP contribution in [0.15, 0.2) is 36.4 Å². The van der Waals surface area contributed by atoms with E-state index in [1.165, 1.54) is 7.11 Å². The number of methoxy groups -OCH3 is 2. The van der Waals surface area contributed by atoms with E-state index >= 15 is 0 Å². The topological polar surface area (TPSA) is 44.8 Å². The number of ether oxygens (including phenoxy) is 3. The van der Waals surface area contributed by atoms with Crippen molar-refractivity contribution in [2.24, 2.45) is 0 Å². The highest BCUT2D eigenvalue weighted by atomic mass is 16.7. The second-order valence-electron chi connectivity index (χ2n) is 3.77. The predicted molar refractivity (Wildman–Crippen MR) is 67.8 cm³/mol. The molecule has 2 aromatic carbocycles. The van der Waals surface area contributed by atoms with Crippen molar-refractivity contribution < 1.29 is 19.0 Å². The summed E-state index contributed by atoms with van der Waals surface area (Å²) in [4.78, 5) is 11.4. The molecule has 0 radical (unpaired) electrons. The number of benzene rings is 2. The minimum absolute atomic E-state index is 0.214. The normalized spacial score (nSPS) is 10.3. The Balaban J connectivity index is 2.33. The molecule has 0 saturated carbocycles. The van der Waals surface area contributed by atoms with E-state index in [1.54, 1.807) is 19.2 Å². The minimum Gasteiger partial charge on any atom is -0.468 e. The number of carbonyl (C=O) groups is 1. The van der Waals surface area contributed by atoms with Gasteiger partial charge in [-0.3, -0.25) is 0 Å². The molecule has 0 aliphatic rings. The van der Waals surface area contributed by atoms with Gasteiger partial charge in [0, 0.05) is 7.11 Å². The van der Waals surface area contributed by atoms with Gasteiger partial charge in [-0.2, -0.15) is 0 Å². The van der Waals surface area contributed by atoms with Gasteiger partial charge in [0.2, 0.25) is 0 Å². The van der Waals surface area contributed by atoms with Gasteiger partial charge >= 0.3 is 5.97 Å². The highest BCUT2D eigenvalue weighted by Gasteiger charge is 2.06. The Kier molecular flexibility index (Phi) is 3.79. The summed E-state index contributed by atoms with van der Waals surface area (Å²) in [5, 5.41) is 1.96. The zero-order valence-corrected chi connectivity index (χ0v) is 10.3. The van der Waals surface area contributed by atoms with Crippen LogP contribution in [0.25, 0.3) is 10.8 Å². The fourth-order valence-corrected chi connectivity index (χ4v) is 1.69. The largest absolute Gasteiger partial charge is 0.468 e. The van der Waals surface area contributed by atoms with Crippen LogP contribution in [0.1, 0.15) is 10.4 Å². The number of carbonyl (C=O) groups excluding carboxylic acids is 1. The van der Waals surface area contributed by atoms with Gasteiger partial charge in [0.05, 0.1) is 12.7 Å². The van der Waals surface area contributed by atoms with E-state index < -0.39 is 0 Å². The van der Waals surface area contributed by atoms with E-state index in [9.17, 15) is 4.79 Å². The van der Waals surface area contributed by atoms with Crippen LogP contribution in [-0.4, -0.2) is 27.0 Å². The molecular weight excluding hydrogens is 232 g/mol. The molecular formula is C14H14O4. The first kappa shape index (κ1) is 12.4. The van der Waals surface area contributed by atoms with Crippen molar-refractivity contribution in [1.29, 1.82) is 0 Å². The van der Waals surface area contributed by atoms with E-state index in [1.807, 2.05) is 24.3 Å². The third kappa shape index (κ3) is 2.60. The average Bonchev–Trinajstić information content (AvgIpc) is 2.43. The van der Waals surface area contributed by atoms with Crippen molar-refractivity contribution in [3.8, 4) is 5.75 Å². The first-order valence-electron chi connectivity index (χ1n) is 5.48. The van der Waals surface area contributed by atoms with Crippen molar-refractivity contribution in [3.63, 3.8) is 0 Å². The summed E-state index contributed by atoms with van der Waals surface area (Å²) in [5.41, 5.74) is 0.538. The number of hydrogen-bond donors (Lipinski definition) is 0. The van der Waals surface area contributed by atoms with Crippen molar-refractivity contribution in [1.82, 2.24) is 0 Å². The summed E-state index contributed by atoms with van der Waals surface area (Å²) in [5.74, 6) is 0.395. The maximum atomic E-state index is 11.4. The number of fused-ring (bicyclic) bond motifs is 1. The van der Waals surface area contributed by atoms with Crippen LogP contribution in [0.5, 0.6) is 5.75 Å². The molecule has 0 aromatic heterocycles. The lowest BCUT2D eigenvalue weighted by Gasteiger charge is -2.06. The monoisotopic (exact) mass is 246 g/mol. The van der Waals surface area contributed by atoms with E-state index in [0.29, 0.717) is 5.56 Å². The van der Waals surface area contributed by atoms with Crippen molar-refractivity contribution >= 4 is 16.7 Å². The van der Waals surface area contributed by atoms with E-state index in [0.717, 1.165) is 16.5 Å². The van der Waals surface area contributed by atoms with Crippen molar-refractivity contribution in [3.05, 3.63) is 42.0 Å². The predicted octanol–water partition coefficient (Wildman–Crippen LogP) is 2.61. The average molecular weight is 246 g/mol. The Hall–Kier alpha value is -2.07. The third-order valence-corrected chi connectivity index (χ3v) is 2.58. The van der Waals surface area contributed by atoms with E-state index in [4.69, 9.17) is 9.47 Å². The van der Waals surface area contributed by atoms with Crippen LogP contribution in [0.3, 0.4) is 0 Å². The van der Waals surface area contributed by atoms with Gasteiger partial charge in [0.25, 0.3) is 0 Å². The molecule has 2 aromatic rings. The standard InChI is InChI=1S/C14H14O4/c1-16-9-18-13-6-5-10-7-12(14(15)17-2)4-3-11(10)8-13/h3-8H,9H2,1-2H3. The quantitative estimate of drug-likeness (QED) is 0.614. The molecule has 0 bridgehead atoms. The highest BCUT2D eigenvalue weighted by Crippen LogP contribution is 2.22. The molecule has 4 nitrogen and oxygen atoms in total. The molecule has 18 heavy (non-hydrogen) atoms. The maximum absolute atomic E-state index is 11.4. The molecule has 0 aliphatic heterocycles. The minimum atomic E-state index is -0.336. The summed E-state index contributed by atoms with van der Waals surface area (Å²) in [6, 6.07) is 11.0. The SMILES string of the molecule is COCOc1ccc2cc(C(=O)OC)ccc2c1. The Morgan fingerprint density at radius 2 is 1.78 bits per heavy atom. The maximum Gasteiger partial charge on any atom is 0.337 e. The van der Waals surface area contributed by atoms with E-state index in [-0.39, 0.29) is 12.8 Å². The number of esters is 1. The van der Waals surface area contributed by atoms with Gasteiger partial charge in [-0.1, -0.05) is 12.1 Å². The molecule has 0 atom stereocenters. The second kappa shape index (κ2) is 5.51. The highest BCUT2D eigenvalue weighted by molar-refractivity contribution is 5.95.